The van der Waals surface area contributed by atoms with Crippen molar-refractivity contribution in [3.05, 3.63) is 58.8 Å². The largest absolute Gasteiger partial charge is 0.467 e. The van der Waals surface area contributed by atoms with Crippen LogP contribution in [0.25, 0.3) is 10.9 Å². The molecular weight excluding hydrogens is 350 g/mol. The van der Waals surface area contributed by atoms with Crippen molar-refractivity contribution in [2.75, 3.05) is 12.8 Å². The van der Waals surface area contributed by atoms with Crippen molar-refractivity contribution < 1.29 is 9.21 Å². The average Bonchev–Trinajstić information content (AvgIpc) is 3.12. The molecule has 0 atom stereocenters. The van der Waals surface area contributed by atoms with E-state index in [0.29, 0.717) is 22.6 Å². The second-order valence-corrected chi connectivity index (χ2v) is 7.24. The van der Waals surface area contributed by atoms with Crippen LogP contribution in [-0.4, -0.2) is 33.2 Å². The van der Waals surface area contributed by atoms with Crippen LogP contribution in [-0.2, 0) is 11.3 Å². The summed E-state index contributed by atoms with van der Waals surface area (Å²) in [6.07, 6.45) is 1.59. The molecule has 26 heavy (non-hydrogen) atoms. The second kappa shape index (κ2) is 7.78. The van der Waals surface area contributed by atoms with Gasteiger partial charge in [-0.3, -0.25) is 14.2 Å². The van der Waals surface area contributed by atoms with E-state index >= 15 is 0 Å². The van der Waals surface area contributed by atoms with Crippen LogP contribution in [0.4, 0.5) is 0 Å². The van der Waals surface area contributed by atoms with Gasteiger partial charge in [0.2, 0.25) is 5.91 Å². The molecule has 0 unspecified atom stereocenters. The summed E-state index contributed by atoms with van der Waals surface area (Å²) in [5.41, 5.74) is 0.567. The highest BCUT2D eigenvalue weighted by Gasteiger charge is 2.17. The fourth-order valence-electron chi connectivity index (χ4n) is 2.64. The van der Waals surface area contributed by atoms with Crippen LogP contribution in [0.15, 0.2) is 57.0 Å². The standard InChI is InChI=1S/C19H21N3O3S/c1-13(2)22-18(24)15-8-4-5-9-16(15)20-19(22)26-12-17(23)21(3)11-14-7-6-10-25-14/h4-10,13H,11-12H2,1-3H3. The predicted molar refractivity (Wildman–Crippen MR) is 102 cm³/mol. The van der Waals surface area contributed by atoms with E-state index in [4.69, 9.17) is 4.42 Å². The van der Waals surface area contributed by atoms with Gasteiger partial charge >= 0.3 is 0 Å². The van der Waals surface area contributed by atoms with Crippen LogP contribution in [0.3, 0.4) is 0 Å². The average molecular weight is 371 g/mol. The fraction of sp³-hybridized carbons (Fsp3) is 0.316. The van der Waals surface area contributed by atoms with E-state index in [2.05, 4.69) is 4.98 Å². The van der Waals surface area contributed by atoms with Crippen molar-refractivity contribution in [2.24, 2.45) is 0 Å². The molecule has 0 aliphatic heterocycles. The summed E-state index contributed by atoms with van der Waals surface area (Å²) in [4.78, 5) is 31.4. The van der Waals surface area contributed by atoms with E-state index in [1.54, 1.807) is 34.9 Å². The molecule has 6 nitrogen and oxygen atoms in total. The Kier molecular flexibility index (Phi) is 5.46. The van der Waals surface area contributed by atoms with E-state index in [-0.39, 0.29) is 23.3 Å². The molecule has 3 aromatic rings. The van der Waals surface area contributed by atoms with Gasteiger partial charge in [-0.15, -0.1) is 0 Å². The summed E-state index contributed by atoms with van der Waals surface area (Å²) in [5.74, 6) is 0.882. The molecule has 0 saturated carbocycles. The maximum Gasteiger partial charge on any atom is 0.262 e. The van der Waals surface area contributed by atoms with Crippen LogP contribution >= 0.6 is 11.8 Å². The number of carbonyl (C=O) groups is 1. The third kappa shape index (κ3) is 3.83. The minimum Gasteiger partial charge on any atom is -0.467 e. The number of hydrogen-bond acceptors (Lipinski definition) is 5. The molecule has 2 aromatic heterocycles. The van der Waals surface area contributed by atoms with Gasteiger partial charge in [-0.1, -0.05) is 23.9 Å². The van der Waals surface area contributed by atoms with E-state index in [1.807, 2.05) is 38.1 Å². The quantitative estimate of drug-likeness (QED) is 0.491. The minimum absolute atomic E-state index is 0.0435. The van der Waals surface area contributed by atoms with Gasteiger partial charge < -0.3 is 9.32 Å². The van der Waals surface area contributed by atoms with Crippen molar-refractivity contribution >= 4 is 28.6 Å². The van der Waals surface area contributed by atoms with Gasteiger partial charge in [0.25, 0.3) is 5.56 Å². The summed E-state index contributed by atoms with van der Waals surface area (Å²) in [7, 11) is 1.73. The summed E-state index contributed by atoms with van der Waals surface area (Å²) < 4.78 is 6.92. The van der Waals surface area contributed by atoms with Gasteiger partial charge in [0.15, 0.2) is 5.16 Å². The summed E-state index contributed by atoms with van der Waals surface area (Å²) >= 11 is 1.28. The first kappa shape index (κ1) is 18.3. The molecule has 0 aliphatic carbocycles. The molecule has 0 aliphatic rings. The number of para-hydroxylation sites is 1. The lowest BCUT2D eigenvalue weighted by molar-refractivity contribution is -0.127. The molecule has 136 valence electrons. The van der Waals surface area contributed by atoms with Gasteiger partial charge in [0.05, 0.1) is 29.5 Å². The molecule has 0 saturated heterocycles. The van der Waals surface area contributed by atoms with E-state index in [1.165, 1.54) is 11.8 Å². The summed E-state index contributed by atoms with van der Waals surface area (Å²) in [5, 5.41) is 1.15. The Balaban J connectivity index is 1.80. The maximum absolute atomic E-state index is 12.8. The number of carbonyl (C=O) groups excluding carboxylic acids is 1. The highest BCUT2D eigenvalue weighted by Crippen LogP contribution is 2.21. The van der Waals surface area contributed by atoms with E-state index in [9.17, 15) is 9.59 Å². The molecule has 0 bridgehead atoms. The van der Waals surface area contributed by atoms with Crippen molar-refractivity contribution in [3.8, 4) is 0 Å². The van der Waals surface area contributed by atoms with Crippen molar-refractivity contribution in [3.63, 3.8) is 0 Å². The van der Waals surface area contributed by atoms with Crippen LogP contribution < -0.4 is 5.56 Å². The number of aromatic nitrogens is 2. The Morgan fingerprint density at radius 1 is 1.27 bits per heavy atom. The van der Waals surface area contributed by atoms with Crippen molar-refractivity contribution in [1.29, 1.82) is 0 Å². The SMILES string of the molecule is CC(C)n1c(SCC(=O)N(C)Cc2ccco2)nc2ccccc2c1=O. The molecule has 0 N–H and O–H groups in total. The van der Waals surface area contributed by atoms with Gasteiger partial charge in [-0.05, 0) is 38.1 Å². The summed E-state index contributed by atoms with van der Waals surface area (Å²) in [6.45, 7) is 4.29. The number of amides is 1. The smallest absolute Gasteiger partial charge is 0.262 e. The molecule has 0 fully saturated rings. The number of hydrogen-bond donors (Lipinski definition) is 0. The second-order valence-electron chi connectivity index (χ2n) is 6.30. The van der Waals surface area contributed by atoms with Crippen molar-refractivity contribution in [1.82, 2.24) is 14.5 Å². The molecule has 0 spiro atoms. The number of fused-ring (bicyclic) bond motifs is 1. The minimum atomic E-state index is -0.0792. The Labute approximate surface area is 155 Å². The summed E-state index contributed by atoms with van der Waals surface area (Å²) in [6, 6.07) is 10.9. The van der Waals surface area contributed by atoms with E-state index in [0.717, 1.165) is 5.76 Å². The first-order valence-electron chi connectivity index (χ1n) is 8.38. The third-order valence-electron chi connectivity index (χ3n) is 4.02. The number of furan rings is 1. The molecule has 1 aromatic carbocycles. The fourth-order valence-corrected chi connectivity index (χ4v) is 3.71. The number of rotatable bonds is 6. The zero-order chi connectivity index (χ0) is 18.7. The normalized spacial score (nSPS) is 11.2. The highest BCUT2D eigenvalue weighted by molar-refractivity contribution is 7.99. The topological polar surface area (TPSA) is 68.3 Å². The Morgan fingerprint density at radius 2 is 2.04 bits per heavy atom. The molecular formula is C19H21N3O3S. The third-order valence-corrected chi connectivity index (χ3v) is 4.95. The Bertz CT molecular complexity index is 964. The first-order chi connectivity index (χ1) is 12.5. The zero-order valence-electron chi connectivity index (χ0n) is 15.0. The lowest BCUT2D eigenvalue weighted by Crippen LogP contribution is -2.29. The van der Waals surface area contributed by atoms with Gasteiger partial charge in [-0.2, -0.15) is 0 Å². The van der Waals surface area contributed by atoms with Crippen LogP contribution in [0.1, 0.15) is 25.6 Å². The molecule has 1 amide bonds. The molecule has 7 heteroatoms. The molecule has 0 radical (unpaired) electrons. The zero-order valence-corrected chi connectivity index (χ0v) is 15.8. The number of nitrogens with zero attached hydrogens (tertiary/aromatic N) is 3. The Morgan fingerprint density at radius 3 is 2.73 bits per heavy atom. The molecule has 2 heterocycles. The number of thioether (sulfide) groups is 1. The van der Waals surface area contributed by atoms with Crippen LogP contribution in [0, 0.1) is 0 Å². The molecule has 3 rings (SSSR count). The monoisotopic (exact) mass is 371 g/mol. The van der Waals surface area contributed by atoms with Gasteiger partial charge in [-0.25, -0.2) is 4.98 Å². The number of benzene rings is 1. The highest BCUT2D eigenvalue weighted by atomic mass is 32.2. The van der Waals surface area contributed by atoms with Gasteiger partial charge in [0, 0.05) is 13.1 Å². The lowest BCUT2D eigenvalue weighted by atomic mass is 10.2. The van der Waals surface area contributed by atoms with Crippen molar-refractivity contribution in [2.45, 2.75) is 31.6 Å². The Hall–Kier alpha value is -2.54. The van der Waals surface area contributed by atoms with Crippen LogP contribution in [0.2, 0.25) is 0 Å². The maximum atomic E-state index is 12.8. The lowest BCUT2D eigenvalue weighted by Gasteiger charge is -2.18. The van der Waals surface area contributed by atoms with E-state index < -0.39 is 0 Å². The van der Waals surface area contributed by atoms with Gasteiger partial charge in [0.1, 0.15) is 5.76 Å². The van der Waals surface area contributed by atoms with Crippen LogP contribution in [0.5, 0.6) is 0 Å². The predicted octanol–water partition coefficient (Wildman–Crippen LogP) is 3.32. The first-order valence-corrected chi connectivity index (χ1v) is 9.36.